The molecule has 1 saturated heterocycles. The van der Waals surface area contributed by atoms with E-state index in [1.165, 1.54) is 0 Å². The number of hydrogen-bond acceptors (Lipinski definition) is 3. The molecule has 0 bridgehead atoms. The van der Waals surface area contributed by atoms with Gasteiger partial charge in [0.15, 0.2) is 0 Å². The molecule has 14 heavy (non-hydrogen) atoms. The summed E-state index contributed by atoms with van der Waals surface area (Å²) in [6.45, 7) is 11.4. The number of nitrogens with zero attached hydrogens (tertiary/aromatic N) is 2. The second-order valence-electron chi connectivity index (χ2n) is 5.08. The lowest BCUT2D eigenvalue weighted by molar-refractivity contribution is 0.115. The van der Waals surface area contributed by atoms with Crippen LogP contribution in [0.25, 0.3) is 0 Å². The van der Waals surface area contributed by atoms with Crippen LogP contribution in [0.1, 0.15) is 27.7 Å². The minimum absolute atomic E-state index is 0.231. The van der Waals surface area contributed by atoms with Crippen molar-refractivity contribution in [2.45, 2.75) is 39.8 Å². The molecule has 1 aliphatic heterocycles. The van der Waals surface area contributed by atoms with E-state index in [2.05, 4.69) is 30.1 Å². The fourth-order valence-corrected chi connectivity index (χ4v) is 1.86. The maximum atomic E-state index is 8.98. The van der Waals surface area contributed by atoms with Gasteiger partial charge in [-0.25, -0.2) is 0 Å². The molecule has 0 amide bonds. The summed E-state index contributed by atoms with van der Waals surface area (Å²) in [4.78, 5) is 2.41. The first-order valence-corrected chi connectivity index (χ1v) is 5.33. The third-order valence-corrected chi connectivity index (χ3v) is 2.79. The van der Waals surface area contributed by atoms with Crippen molar-refractivity contribution in [3.8, 4) is 6.07 Å². The van der Waals surface area contributed by atoms with Gasteiger partial charge in [-0.1, -0.05) is 0 Å². The fourth-order valence-electron chi connectivity index (χ4n) is 1.86. The van der Waals surface area contributed by atoms with E-state index in [9.17, 15) is 0 Å². The first-order chi connectivity index (χ1) is 6.44. The van der Waals surface area contributed by atoms with Crippen molar-refractivity contribution in [2.24, 2.45) is 5.41 Å². The summed E-state index contributed by atoms with van der Waals surface area (Å²) in [5.74, 6) is 0. The molecule has 1 N–H and O–H groups in total. The molecule has 3 heteroatoms. The first kappa shape index (κ1) is 11.5. The topological polar surface area (TPSA) is 39.1 Å². The van der Waals surface area contributed by atoms with Gasteiger partial charge in [0.05, 0.1) is 11.5 Å². The lowest BCUT2D eigenvalue weighted by Gasteiger charge is -2.40. The summed E-state index contributed by atoms with van der Waals surface area (Å²) in [7, 11) is 0. The Morgan fingerprint density at radius 2 is 2.14 bits per heavy atom. The maximum absolute atomic E-state index is 8.98. The van der Waals surface area contributed by atoms with Crippen molar-refractivity contribution >= 4 is 0 Å². The summed E-state index contributed by atoms with van der Waals surface area (Å²) >= 11 is 0. The van der Waals surface area contributed by atoms with Crippen LogP contribution in [0.3, 0.4) is 0 Å². The van der Waals surface area contributed by atoms with Crippen molar-refractivity contribution in [3.63, 3.8) is 0 Å². The Kier molecular flexibility index (Phi) is 3.52. The van der Waals surface area contributed by atoms with Gasteiger partial charge in [-0.3, -0.25) is 4.90 Å². The molecule has 0 aromatic carbocycles. The summed E-state index contributed by atoms with van der Waals surface area (Å²) in [6.07, 6.45) is 0. The molecule has 1 rings (SSSR count). The van der Waals surface area contributed by atoms with Crippen molar-refractivity contribution in [3.05, 3.63) is 0 Å². The van der Waals surface area contributed by atoms with Crippen LogP contribution in [-0.2, 0) is 0 Å². The van der Waals surface area contributed by atoms with Gasteiger partial charge >= 0.3 is 0 Å². The van der Waals surface area contributed by atoms with Crippen LogP contribution < -0.4 is 5.32 Å². The highest BCUT2D eigenvalue weighted by molar-refractivity contribution is 4.96. The normalized spacial score (nSPS) is 29.9. The van der Waals surface area contributed by atoms with Gasteiger partial charge in [0.2, 0.25) is 0 Å². The molecule has 0 aliphatic carbocycles. The Labute approximate surface area is 87.1 Å². The van der Waals surface area contributed by atoms with Gasteiger partial charge < -0.3 is 5.32 Å². The molecule has 0 aromatic rings. The van der Waals surface area contributed by atoms with E-state index in [-0.39, 0.29) is 5.41 Å². The Bertz CT molecular complexity index is 229. The molecule has 1 fully saturated rings. The minimum Gasteiger partial charge on any atom is -0.311 e. The van der Waals surface area contributed by atoms with Gasteiger partial charge in [-0.05, 0) is 27.7 Å². The second-order valence-corrected chi connectivity index (χ2v) is 5.08. The van der Waals surface area contributed by atoms with Crippen molar-refractivity contribution in [2.75, 3.05) is 19.6 Å². The quantitative estimate of drug-likeness (QED) is 0.720. The lowest BCUT2D eigenvalue weighted by Crippen LogP contribution is -2.56. The van der Waals surface area contributed by atoms with E-state index >= 15 is 0 Å². The third-order valence-electron chi connectivity index (χ3n) is 2.79. The van der Waals surface area contributed by atoms with Crippen LogP contribution >= 0.6 is 0 Å². The van der Waals surface area contributed by atoms with Crippen LogP contribution in [0, 0.1) is 16.7 Å². The number of nitrogens with one attached hydrogen (secondary N) is 1. The zero-order chi connectivity index (χ0) is 10.8. The Balaban J connectivity index is 2.54. The van der Waals surface area contributed by atoms with Crippen LogP contribution in [-0.4, -0.2) is 36.6 Å². The van der Waals surface area contributed by atoms with Crippen molar-refractivity contribution < 1.29 is 0 Å². The van der Waals surface area contributed by atoms with E-state index in [1.807, 2.05) is 13.8 Å². The largest absolute Gasteiger partial charge is 0.311 e. The molecule has 0 radical (unpaired) electrons. The maximum Gasteiger partial charge on any atom is 0.0697 e. The average Bonchev–Trinajstić information content (AvgIpc) is 2.11. The minimum atomic E-state index is -0.231. The zero-order valence-corrected chi connectivity index (χ0v) is 9.67. The average molecular weight is 195 g/mol. The predicted octanol–water partition coefficient (Wildman–Crippen LogP) is 1.22. The molecule has 3 nitrogen and oxygen atoms in total. The third kappa shape index (κ3) is 2.97. The summed E-state index contributed by atoms with van der Waals surface area (Å²) in [5.41, 5.74) is -0.231. The smallest absolute Gasteiger partial charge is 0.0697 e. The monoisotopic (exact) mass is 195 g/mol. The van der Waals surface area contributed by atoms with E-state index in [0.29, 0.717) is 12.1 Å². The number of hydrogen-bond donors (Lipinski definition) is 1. The Morgan fingerprint density at radius 3 is 2.71 bits per heavy atom. The molecule has 0 spiro atoms. The van der Waals surface area contributed by atoms with E-state index in [4.69, 9.17) is 5.26 Å². The van der Waals surface area contributed by atoms with Gasteiger partial charge in [0, 0.05) is 31.7 Å². The molecular formula is C11H21N3. The van der Waals surface area contributed by atoms with E-state index < -0.39 is 0 Å². The molecule has 0 aromatic heterocycles. The van der Waals surface area contributed by atoms with Gasteiger partial charge in [0.25, 0.3) is 0 Å². The number of nitriles is 1. The standard InChI is InChI=1S/C11H21N3/c1-9-6-14(10(2)5-13-9)8-11(3,4)7-12/h9-10,13H,5-6,8H2,1-4H3. The SMILES string of the molecule is CC1CN(CC(C)(C)C#N)C(C)CN1. The zero-order valence-electron chi connectivity index (χ0n) is 9.67. The summed E-state index contributed by atoms with van der Waals surface area (Å²) in [6, 6.07) is 3.44. The number of rotatable bonds is 2. The van der Waals surface area contributed by atoms with Crippen LogP contribution in [0.15, 0.2) is 0 Å². The molecule has 1 aliphatic rings. The molecule has 1 heterocycles. The molecule has 2 atom stereocenters. The fraction of sp³-hybridized carbons (Fsp3) is 0.909. The first-order valence-electron chi connectivity index (χ1n) is 5.33. The van der Waals surface area contributed by atoms with Gasteiger partial charge in [-0.2, -0.15) is 5.26 Å². The molecule has 0 saturated carbocycles. The molecule has 80 valence electrons. The highest BCUT2D eigenvalue weighted by Crippen LogP contribution is 2.18. The van der Waals surface area contributed by atoms with Crippen molar-refractivity contribution in [1.82, 2.24) is 10.2 Å². The van der Waals surface area contributed by atoms with Crippen LogP contribution in [0.4, 0.5) is 0 Å². The van der Waals surface area contributed by atoms with Crippen molar-refractivity contribution in [1.29, 1.82) is 5.26 Å². The molecular weight excluding hydrogens is 174 g/mol. The number of piperazine rings is 1. The van der Waals surface area contributed by atoms with Crippen LogP contribution in [0.5, 0.6) is 0 Å². The van der Waals surface area contributed by atoms with E-state index in [1.54, 1.807) is 0 Å². The second kappa shape index (κ2) is 4.29. The summed E-state index contributed by atoms with van der Waals surface area (Å²) < 4.78 is 0. The predicted molar refractivity (Wildman–Crippen MR) is 57.9 cm³/mol. The van der Waals surface area contributed by atoms with Gasteiger partial charge in [-0.15, -0.1) is 0 Å². The summed E-state index contributed by atoms with van der Waals surface area (Å²) in [5, 5.41) is 12.4. The lowest BCUT2D eigenvalue weighted by atomic mass is 9.93. The van der Waals surface area contributed by atoms with Gasteiger partial charge in [0.1, 0.15) is 0 Å². The van der Waals surface area contributed by atoms with Crippen LogP contribution in [0.2, 0.25) is 0 Å². The Hall–Kier alpha value is -0.590. The molecule has 2 unspecified atom stereocenters. The highest BCUT2D eigenvalue weighted by atomic mass is 15.2. The van der Waals surface area contributed by atoms with E-state index in [0.717, 1.165) is 19.6 Å². The Morgan fingerprint density at radius 1 is 1.50 bits per heavy atom. The highest BCUT2D eigenvalue weighted by Gasteiger charge is 2.28.